The maximum atomic E-state index is 12.3. The molecule has 2 rings (SSSR count). The first kappa shape index (κ1) is 16.8. The fourth-order valence-electron chi connectivity index (χ4n) is 2.53. The van der Waals surface area contributed by atoms with Crippen molar-refractivity contribution in [3.05, 3.63) is 30.3 Å². The summed E-state index contributed by atoms with van der Waals surface area (Å²) < 4.78 is 30.4. The zero-order valence-corrected chi connectivity index (χ0v) is 13.5. The van der Waals surface area contributed by atoms with Gasteiger partial charge in [0.1, 0.15) is 5.75 Å². The molecule has 1 atom stereocenters. The van der Waals surface area contributed by atoms with Crippen molar-refractivity contribution < 1.29 is 17.9 Å². The third kappa shape index (κ3) is 5.31. The van der Waals surface area contributed by atoms with Gasteiger partial charge in [0, 0.05) is 19.1 Å². The van der Waals surface area contributed by atoms with Gasteiger partial charge >= 0.3 is 0 Å². The number of carbonyl (C=O) groups excluding carboxylic acids is 1. The molecular weight excluding hydrogens is 304 g/mol. The van der Waals surface area contributed by atoms with Crippen LogP contribution < -0.4 is 9.46 Å². The molecule has 0 aliphatic carbocycles. The van der Waals surface area contributed by atoms with Crippen molar-refractivity contribution in [1.82, 2.24) is 9.62 Å². The lowest BCUT2D eigenvalue weighted by Gasteiger charge is -2.35. The van der Waals surface area contributed by atoms with Gasteiger partial charge in [-0.2, -0.15) is 0 Å². The Balaban J connectivity index is 1.90. The predicted octanol–water partition coefficient (Wildman–Crippen LogP) is 0.996. The molecule has 122 valence electrons. The molecule has 1 heterocycles. The highest BCUT2D eigenvalue weighted by atomic mass is 32.2. The number of likely N-dealkylation sites (tertiary alicyclic amines) is 1. The van der Waals surface area contributed by atoms with Gasteiger partial charge < -0.3 is 9.64 Å². The summed E-state index contributed by atoms with van der Waals surface area (Å²) in [6, 6.07) is 9.07. The number of hydrogen-bond acceptors (Lipinski definition) is 4. The maximum absolute atomic E-state index is 12.3. The van der Waals surface area contributed by atoms with Crippen LogP contribution in [0.5, 0.6) is 5.75 Å². The molecule has 1 aromatic rings. The fourth-order valence-corrected chi connectivity index (χ4v) is 3.03. The van der Waals surface area contributed by atoms with Gasteiger partial charge in [-0.3, -0.25) is 4.79 Å². The Morgan fingerprint density at radius 3 is 2.73 bits per heavy atom. The summed E-state index contributed by atoms with van der Waals surface area (Å²) in [5.74, 6) is 0.544. The van der Waals surface area contributed by atoms with Crippen molar-refractivity contribution in [2.75, 3.05) is 26.0 Å². The first-order chi connectivity index (χ1) is 10.5. The van der Waals surface area contributed by atoms with Crippen LogP contribution in [0.2, 0.25) is 0 Å². The zero-order chi connectivity index (χ0) is 16.0. The van der Waals surface area contributed by atoms with Crippen LogP contribution in [0.25, 0.3) is 0 Å². The van der Waals surface area contributed by atoms with Crippen LogP contribution in [0, 0.1) is 0 Å². The molecule has 1 N–H and O–H groups in total. The van der Waals surface area contributed by atoms with Gasteiger partial charge in [0.15, 0.2) is 6.61 Å². The van der Waals surface area contributed by atoms with Gasteiger partial charge in [0.05, 0.1) is 6.26 Å². The highest BCUT2D eigenvalue weighted by Gasteiger charge is 2.27. The second kappa shape index (κ2) is 7.60. The van der Waals surface area contributed by atoms with Crippen molar-refractivity contribution >= 4 is 15.9 Å². The van der Waals surface area contributed by atoms with E-state index in [2.05, 4.69) is 4.72 Å². The summed E-state index contributed by atoms with van der Waals surface area (Å²) in [4.78, 5) is 14.1. The number of nitrogens with zero attached hydrogens (tertiary/aromatic N) is 1. The van der Waals surface area contributed by atoms with Crippen LogP contribution in [-0.4, -0.2) is 51.2 Å². The van der Waals surface area contributed by atoms with Gasteiger partial charge in [-0.15, -0.1) is 0 Å². The van der Waals surface area contributed by atoms with E-state index in [0.29, 0.717) is 12.3 Å². The topological polar surface area (TPSA) is 75.7 Å². The Labute approximate surface area is 131 Å². The van der Waals surface area contributed by atoms with Crippen LogP contribution in [-0.2, 0) is 14.8 Å². The van der Waals surface area contributed by atoms with E-state index in [-0.39, 0.29) is 25.1 Å². The summed E-state index contributed by atoms with van der Waals surface area (Å²) in [5.41, 5.74) is 0. The molecule has 1 amide bonds. The van der Waals surface area contributed by atoms with Crippen LogP contribution in [0.15, 0.2) is 30.3 Å². The van der Waals surface area contributed by atoms with E-state index in [4.69, 9.17) is 4.74 Å². The highest BCUT2D eigenvalue weighted by Crippen LogP contribution is 2.17. The number of ether oxygens (including phenoxy) is 1. The van der Waals surface area contributed by atoms with Crippen molar-refractivity contribution in [2.24, 2.45) is 0 Å². The Kier molecular flexibility index (Phi) is 5.79. The number of sulfonamides is 1. The van der Waals surface area contributed by atoms with Gasteiger partial charge in [-0.25, -0.2) is 13.1 Å². The Bertz CT molecular complexity index is 589. The second-order valence-corrected chi connectivity index (χ2v) is 7.29. The molecule has 7 heteroatoms. The second-order valence-electron chi connectivity index (χ2n) is 5.46. The number of piperidine rings is 1. The molecule has 22 heavy (non-hydrogen) atoms. The lowest BCUT2D eigenvalue weighted by Crippen LogP contribution is -2.50. The lowest BCUT2D eigenvalue weighted by atomic mass is 10.0. The molecule has 0 aromatic heterocycles. The smallest absolute Gasteiger partial charge is 0.260 e. The summed E-state index contributed by atoms with van der Waals surface area (Å²) in [6.45, 7) is 0.877. The highest BCUT2D eigenvalue weighted by molar-refractivity contribution is 7.88. The first-order valence-electron chi connectivity index (χ1n) is 7.37. The number of carbonyl (C=O) groups is 1. The number of benzene rings is 1. The molecule has 1 unspecified atom stereocenters. The Morgan fingerprint density at radius 2 is 2.05 bits per heavy atom. The van der Waals surface area contributed by atoms with E-state index >= 15 is 0 Å². The summed E-state index contributed by atoms with van der Waals surface area (Å²) >= 11 is 0. The first-order valence-corrected chi connectivity index (χ1v) is 9.27. The van der Waals surface area contributed by atoms with E-state index < -0.39 is 10.0 Å². The molecule has 1 aromatic carbocycles. The Hall–Kier alpha value is -1.60. The average molecular weight is 326 g/mol. The Morgan fingerprint density at radius 1 is 1.32 bits per heavy atom. The SMILES string of the molecule is CS(=O)(=O)NCC1CCCCN1C(=O)COc1ccccc1. The van der Waals surface area contributed by atoms with Crippen molar-refractivity contribution in [3.8, 4) is 5.75 Å². The van der Waals surface area contributed by atoms with E-state index in [1.807, 2.05) is 18.2 Å². The predicted molar refractivity (Wildman–Crippen MR) is 84.1 cm³/mol. The normalized spacial score (nSPS) is 19.0. The average Bonchev–Trinajstić information content (AvgIpc) is 2.51. The minimum Gasteiger partial charge on any atom is -0.484 e. The zero-order valence-electron chi connectivity index (χ0n) is 12.7. The molecule has 1 fully saturated rings. The number of nitrogens with one attached hydrogen (secondary N) is 1. The summed E-state index contributed by atoms with van der Waals surface area (Å²) in [6.07, 6.45) is 3.87. The van der Waals surface area contributed by atoms with E-state index in [9.17, 15) is 13.2 Å². The molecule has 0 spiro atoms. The number of para-hydroxylation sites is 1. The van der Waals surface area contributed by atoms with Crippen LogP contribution in [0.1, 0.15) is 19.3 Å². The summed E-state index contributed by atoms with van der Waals surface area (Å²) in [7, 11) is -3.25. The van der Waals surface area contributed by atoms with Crippen LogP contribution in [0.3, 0.4) is 0 Å². The minimum atomic E-state index is -3.25. The molecule has 0 radical (unpaired) electrons. The van der Waals surface area contributed by atoms with Crippen LogP contribution >= 0.6 is 0 Å². The number of amides is 1. The van der Waals surface area contributed by atoms with Gasteiger partial charge in [-0.1, -0.05) is 18.2 Å². The van der Waals surface area contributed by atoms with Gasteiger partial charge in [0.2, 0.25) is 10.0 Å². The van der Waals surface area contributed by atoms with Crippen molar-refractivity contribution in [1.29, 1.82) is 0 Å². The van der Waals surface area contributed by atoms with E-state index in [1.165, 1.54) is 0 Å². The maximum Gasteiger partial charge on any atom is 0.260 e. The van der Waals surface area contributed by atoms with Crippen molar-refractivity contribution in [3.63, 3.8) is 0 Å². The van der Waals surface area contributed by atoms with Crippen molar-refractivity contribution in [2.45, 2.75) is 25.3 Å². The molecule has 6 nitrogen and oxygen atoms in total. The fraction of sp³-hybridized carbons (Fsp3) is 0.533. The van der Waals surface area contributed by atoms with Crippen LogP contribution in [0.4, 0.5) is 0 Å². The third-order valence-electron chi connectivity index (χ3n) is 3.63. The lowest BCUT2D eigenvalue weighted by molar-refractivity contribution is -0.136. The largest absolute Gasteiger partial charge is 0.484 e. The molecule has 1 saturated heterocycles. The standard InChI is InChI=1S/C15H22N2O4S/c1-22(19,20)16-11-13-7-5-6-10-17(13)15(18)12-21-14-8-3-2-4-9-14/h2-4,8-9,13,16H,5-7,10-12H2,1H3. The monoisotopic (exact) mass is 326 g/mol. The molecule has 1 aliphatic rings. The molecular formula is C15H22N2O4S. The minimum absolute atomic E-state index is 0.0284. The molecule has 1 aliphatic heterocycles. The summed E-state index contributed by atoms with van der Waals surface area (Å²) in [5, 5.41) is 0. The van der Waals surface area contributed by atoms with E-state index in [1.54, 1.807) is 17.0 Å². The molecule has 0 bridgehead atoms. The van der Waals surface area contributed by atoms with E-state index in [0.717, 1.165) is 25.5 Å². The third-order valence-corrected chi connectivity index (χ3v) is 4.33. The van der Waals surface area contributed by atoms with Gasteiger partial charge in [0.25, 0.3) is 5.91 Å². The molecule has 0 saturated carbocycles. The number of rotatable bonds is 6. The van der Waals surface area contributed by atoms with Gasteiger partial charge in [-0.05, 0) is 31.4 Å². The number of hydrogen-bond donors (Lipinski definition) is 1. The quantitative estimate of drug-likeness (QED) is 0.846.